The van der Waals surface area contributed by atoms with Gasteiger partial charge in [0.05, 0.1) is 5.92 Å². The Balaban J connectivity index is 1.91. The summed E-state index contributed by atoms with van der Waals surface area (Å²) < 4.78 is 6.89. The summed E-state index contributed by atoms with van der Waals surface area (Å²) in [7, 11) is -2.47. The second-order valence-corrected chi connectivity index (χ2v) is 12.7. The van der Waals surface area contributed by atoms with Gasteiger partial charge in [-0.2, -0.15) is 0 Å². The Labute approximate surface area is 164 Å². The number of amides is 1. The lowest BCUT2D eigenvalue weighted by Gasteiger charge is -2.44. The first kappa shape index (κ1) is 19.8. The number of rotatable bonds is 7. The van der Waals surface area contributed by atoms with Crippen LogP contribution in [0.15, 0.2) is 60.7 Å². The first-order valence-corrected chi connectivity index (χ1v) is 11.9. The van der Waals surface area contributed by atoms with Gasteiger partial charge in [0.1, 0.15) is 0 Å². The molecule has 2 aromatic carbocycles. The molecule has 3 nitrogen and oxygen atoms in total. The van der Waals surface area contributed by atoms with E-state index in [9.17, 15) is 4.79 Å². The average Bonchev–Trinajstić information content (AvgIpc) is 2.65. The molecule has 1 aliphatic heterocycles. The van der Waals surface area contributed by atoms with Crippen molar-refractivity contribution in [3.8, 4) is 0 Å². The Kier molecular flexibility index (Phi) is 5.87. The first-order valence-electron chi connectivity index (χ1n) is 9.95. The topological polar surface area (TPSA) is 38.3 Å². The fourth-order valence-electron chi connectivity index (χ4n) is 4.32. The summed E-state index contributed by atoms with van der Waals surface area (Å²) in [6, 6.07) is 21.6. The van der Waals surface area contributed by atoms with Gasteiger partial charge >= 0.3 is 0 Å². The average molecular weight is 382 g/mol. The number of carbonyl (C=O) groups is 1. The summed E-state index contributed by atoms with van der Waals surface area (Å²) in [4.78, 5) is 11.7. The van der Waals surface area contributed by atoms with Crippen LogP contribution in [0, 0.1) is 5.92 Å². The minimum atomic E-state index is -2.47. The van der Waals surface area contributed by atoms with Crippen molar-refractivity contribution in [2.75, 3.05) is 6.61 Å². The molecule has 1 fully saturated rings. The standard InChI is InChI=1S/C23H31NO2Si/c1-5-20-21(24-22(20)25)16-17-26-27(23(2,3)4,18-12-8-6-9-13-18)19-14-10-7-11-15-19/h6-15,20-21H,5,16-17H2,1-4H3,(H,24,25)/t20-,21+/m1/s1. The Hall–Kier alpha value is -1.91. The molecule has 1 N–H and O–H groups in total. The van der Waals surface area contributed by atoms with Crippen molar-refractivity contribution in [1.82, 2.24) is 5.32 Å². The Bertz CT molecular complexity index is 715. The highest BCUT2D eigenvalue weighted by atomic mass is 28.4. The van der Waals surface area contributed by atoms with Gasteiger partial charge in [-0.05, 0) is 28.3 Å². The highest BCUT2D eigenvalue weighted by Gasteiger charge is 2.50. The minimum Gasteiger partial charge on any atom is -0.407 e. The third-order valence-electron chi connectivity index (χ3n) is 5.75. The zero-order valence-corrected chi connectivity index (χ0v) is 17.9. The van der Waals surface area contributed by atoms with Crippen LogP contribution < -0.4 is 15.7 Å². The van der Waals surface area contributed by atoms with E-state index in [4.69, 9.17) is 4.43 Å². The lowest BCUT2D eigenvalue weighted by atomic mass is 9.86. The van der Waals surface area contributed by atoms with Crippen molar-refractivity contribution in [2.24, 2.45) is 5.92 Å². The summed E-state index contributed by atoms with van der Waals surface area (Å²) in [6.07, 6.45) is 1.77. The molecular weight excluding hydrogens is 350 g/mol. The van der Waals surface area contributed by atoms with Gasteiger partial charge in [-0.15, -0.1) is 0 Å². The fraction of sp³-hybridized carbons (Fsp3) is 0.435. The van der Waals surface area contributed by atoms with E-state index in [1.54, 1.807) is 0 Å². The van der Waals surface area contributed by atoms with Gasteiger partial charge in [-0.25, -0.2) is 0 Å². The van der Waals surface area contributed by atoms with Crippen molar-refractivity contribution < 1.29 is 9.22 Å². The van der Waals surface area contributed by atoms with Crippen molar-refractivity contribution in [3.63, 3.8) is 0 Å². The molecular formula is C23H31NO2Si. The van der Waals surface area contributed by atoms with Gasteiger partial charge in [0, 0.05) is 12.6 Å². The van der Waals surface area contributed by atoms with Gasteiger partial charge < -0.3 is 9.74 Å². The van der Waals surface area contributed by atoms with E-state index < -0.39 is 8.32 Å². The highest BCUT2D eigenvalue weighted by molar-refractivity contribution is 6.99. The number of carbonyl (C=O) groups excluding carboxylic acids is 1. The van der Waals surface area contributed by atoms with E-state index in [1.807, 2.05) is 0 Å². The van der Waals surface area contributed by atoms with Crippen LogP contribution in [0.4, 0.5) is 0 Å². The lowest BCUT2D eigenvalue weighted by Crippen LogP contribution is -2.67. The van der Waals surface area contributed by atoms with E-state index >= 15 is 0 Å². The third kappa shape index (κ3) is 3.74. The van der Waals surface area contributed by atoms with E-state index in [0.29, 0.717) is 6.61 Å². The van der Waals surface area contributed by atoms with Crippen LogP contribution in [0.3, 0.4) is 0 Å². The van der Waals surface area contributed by atoms with Crippen LogP contribution in [0.1, 0.15) is 40.5 Å². The Morgan fingerprint density at radius 1 is 0.963 bits per heavy atom. The number of benzene rings is 2. The smallest absolute Gasteiger partial charge is 0.261 e. The van der Waals surface area contributed by atoms with Crippen LogP contribution in [0.5, 0.6) is 0 Å². The van der Waals surface area contributed by atoms with Crippen LogP contribution in [-0.4, -0.2) is 26.9 Å². The molecule has 27 heavy (non-hydrogen) atoms. The Morgan fingerprint density at radius 2 is 1.48 bits per heavy atom. The number of nitrogens with one attached hydrogen (secondary N) is 1. The maximum Gasteiger partial charge on any atom is 0.261 e. The van der Waals surface area contributed by atoms with Crippen molar-refractivity contribution >= 4 is 24.6 Å². The van der Waals surface area contributed by atoms with Gasteiger partial charge in [0.25, 0.3) is 8.32 Å². The predicted molar refractivity (Wildman–Crippen MR) is 114 cm³/mol. The molecule has 0 unspecified atom stereocenters. The number of hydrogen-bond acceptors (Lipinski definition) is 2. The fourth-order valence-corrected chi connectivity index (χ4v) is 8.90. The molecule has 0 bridgehead atoms. The molecule has 3 rings (SSSR count). The van der Waals surface area contributed by atoms with Gasteiger partial charge in [-0.1, -0.05) is 88.4 Å². The second-order valence-electron chi connectivity index (χ2n) is 8.43. The van der Waals surface area contributed by atoms with Crippen molar-refractivity contribution in [3.05, 3.63) is 60.7 Å². The van der Waals surface area contributed by atoms with Gasteiger partial charge in [-0.3, -0.25) is 4.79 Å². The van der Waals surface area contributed by atoms with Crippen LogP contribution in [-0.2, 0) is 9.22 Å². The zero-order chi connectivity index (χ0) is 19.5. The predicted octanol–water partition coefficient (Wildman–Crippen LogP) is 3.48. The van der Waals surface area contributed by atoms with Crippen molar-refractivity contribution in [2.45, 2.75) is 51.6 Å². The molecule has 4 heteroatoms. The molecule has 0 radical (unpaired) electrons. The number of hydrogen-bond donors (Lipinski definition) is 1. The minimum absolute atomic E-state index is 0.0112. The maximum absolute atomic E-state index is 11.7. The van der Waals surface area contributed by atoms with Crippen LogP contribution in [0.25, 0.3) is 0 Å². The normalized spacial score (nSPS) is 20.1. The molecule has 144 valence electrons. The zero-order valence-electron chi connectivity index (χ0n) is 16.9. The first-order chi connectivity index (χ1) is 12.9. The molecule has 1 amide bonds. The summed E-state index contributed by atoms with van der Waals surface area (Å²) >= 11 is 0. The van der Waals surface area contributed by atoms with Crippen LogP contribution in [0.2, 0.25) is 5.04 Å². The molecule has 0 aromatic heterocycles. The summed E-state index contributed by atoms with van der Waals surface area (Å²) in [5.41, 5.74) is 0. The highest BCUT2D eigenvalue weighted by Crippen LogP contribution is 2.37. The van der Waals surface area contributed by atoms with Crippen molar-refractivity contribution in [1.29, 1.82) is 0 Å². The molecule has 1 heterocycles. The quantitative estimate of drug-likeness (QED) is 0.589. The molecule has 0 spiro atoms. The Morgan fingerprint density at radius 3 is 1.89 bits per heavy atom. The van der Waals surface area contributed by atoms with E-state index in [0.717, 1.165) is 12.8 Å². The largest absolute Gasteiger partial charge is 0.407 e. The molecule has 0 saturated carbocycles. The summed E-state index contributed by atoms with van der Waals surface area (Å²) in [6.45, 7) is 9.62. The molecule has 1 saturated heterocycles. The SMILES string of the molecule is CC[C@H]1C(=O)N[C@H]1CCO[Si](c1ccccc1)(c1ccccc1)C(C)(C)C. The third-order valence-corrected chi connectivity index (χ3v) is 10.8. The molecule has 2 atom stereocenters. The lowest BCUT2D eigenvalue weighted by molar-refractivity contribution is -0.135. The van der Waals surface area contributed by atoms with E-state index in [2.05, 4.69) is 93.7 Å². The van der Waals surface area contributed by atoms with E-state index in [-0.39, 0.29) is 22.9 Å². The maximum atomic E-state index is 11.7. The summed E-state index contributed by atoms with van der Waals surface area (Å²) in [5.74, 6) is 0.334. The molecule has 2 aromatic rings. The van der Waals surface area contributed by atoms with E-state index in [1.165, 1.54) is 10.4 Å². The van der Waals surface area contributed by atoms with Gasteiger partial charge in [0.15, 0.2) is 0 Å². The van der Waals surface area contributed by atoms with Crippen LogP contribution >= 0.6 is 0 Å². The number of β-lactam (4-membered cyclic amide) rings is 1. The van der Waals surface area contributed by atoms with Gasteiger partial charge in [0.2, 0.25) is 5.91 Å². The monoisotopic (exact) mass is 381 g/mol. The molecule has 1 aliphatic rings. The summed E-state index contributed by atoms with van der Waals surface area (Å²) in [5, 5.41) is 5.63. The second kappa shape index (κ2) is 7.99. The molecule has 0 aliphatic carbocycles.